The van der Waals surface area contributed by atoms with Gasteiger partial charge in [-0.1, -0.05) is 18.2 Å². The summed E-state index contributed by atoms with van der Waals surface area (Å²) in [5, 5.41) is 12.8. The third kappa shape index (κ3) is 5.23. The summed E-state index contributed by atoms with van der Waals surface area (Å²) >= 11 is 0. The second-order valence-corrected chi connectivity index (χ2v) is 7.55. The van der Waals surface area contributed by atoms with E-state index in [2.05, 4.69) is 5.32 Å². The lowest BCUT2D eigenvalue weighted by Gasteiger charge is -2.23. The fourth-order valence-electron chi connectivity index (χ4n) is 3.02. The molecule has 0 unspecified atom stereocenters. The molecule has 5 nitrogen and oxygen atoms in total. The first-order valence-corrected chi connectivity index (χ1v) is 9.16. The third-order valence-electron chi connectivity index (χ3n) is 4.84. The Labute approximate surface area is 160 Å². The summed E-state index contributed by atoms with van der Waals surface area (Å²) in [7, 11) is 0. The standard InChI is InChI=1S/C22H27NO4/c1-14-15(2)20(25)18(17(19(14)24)10-12-22(3,4)27)11-13-23-21(26)16-8-6-5-7-9-16/h5-9,27H,10-13H2,1-4H3,(H,23,26). The van der Waals surface area contributed by atoms with Crippen LogP contribution >= 0.6 is 0 Å². The molecule has 0 bridgehead atoms. The van der Waals surface area contributed by atoms with Crippen LogP contribution in [0, 0.1) is 0 Å². The first-order valence-electron chi connectivity index (χ1n) is 9.16. The van der Waals surface area contributed by atoms with Gasteiger partial charge in [0, 0.05) is 34.4 Å². The summed E-state index contributed by atoms with van der Waals surface area (Å²) in [5.41, 5.74) is 1.44. The second-order valence-electron chi connectivity index (χ2n) is 7.55. The highest BCUT2D eigenvalue weighted by Crippen LogP contribution is 2.30. The van der Waals surface area contributed by atoms with Crippen molar-refractivity contribution in [1.29, 1.82) is 0 Å². The number of nitrogens with one attached hydrogen (secondary N) is 1. The van der Waals surface area contributed by atoms with Gasteiger partial charge in [0.15, 0.2) is 11.6 Å². The van der Waals surface area contributed by atoms with Gasteiger partial charge in [0.05, 0.1) is 5.60 Å². The number of carbonyl (C=O) groups is 3. The fraction of sp³-hybridized carbons (Fsp3) is 0.409. The molecule has 0 saturated heterocycles. The summed E-state index contributed by atoms with van der Waals surface area (Å²) in [5.74, 6) is -0.500. The lowest BCUT2D eigenvalue weighted by atomic mass is 9.81. The Morgan fingerprint density at radius 3 is 2.00 bits per heavy atom. The first-order chi connectivity index (χ1) is 12.6. The highest BCUT2D eigenvalue weighted by atomic mass is 16.3. The lowest BCUT2D eigenvalue weighted by molar-refractivity contribution is -0.116. The Bertz CT molecular complexity index is 810. The van der Waals surface area contributed by atoms with E-state index in [0.717, 1.165) is 0 Å². The summed E-state index contributed by atoms with van der Waals surface area (Å²) in [4.78, 5) is 37.6. The molecule has 2 rings (SSSR count). The van der Waals surface area contributed by atoms with Crippen molar-refractivity contribution >= 4 is 17.5 Å². The van der Waals surface area contributed by atoms with Crippen LogP contribution in [0.3, 0.4) is 0 Å². The van der Waals surface area contributed by atoms with Crippen molar-refractivity contribution in [3.05, 3.63) is 58.2 Å². The molecule has 0 saturated carbocycles. The number of carbonyl (C=O) groups excluding carboxylic acids is 3. The van der Waals surface area contributed by atoms with Gasteiger partial charge in [-0.3, -0.25) is 14.4 Å². The van der Waals surface area contributed by atoms with E-state index in [9.17, 15) is 19.5 Å². The van der Waals surface area contributed by atoms with Gasteiger partial charge < -0.3 is 10.4 Å². The Hall–Kier alpha value is -2.53. The average molecular weight is 369 g/mol. The smallest absolute Gasteiger partial charge is 0.251 e. The van der Waals surface area contributed by atoms with Gasteiger partial charge >= 0.3 is 0 Å². The molecule has 0 atom stereocenters. The quantitative estimate of drug-likeness (QED) is 0.723. The Morgan fingerprint density at radius 2 is 1.48 bits per heavy atom. The van der Waals surface area contributed by atoms with Crippen LogP contribution in [0.15, 0.2) is 52.6 Å². The summed E-state index contributed by atoms with van der Waals surface area (Å²) in [6.45, 7) is 6.94. The van der Waals surface area contributed by atoms with Crippen molar-refractivity contribution in [2.24, 2.45) is 0 Å². The second kappa shape index (κ2) is 8.44. The van der Waals surface area contributed by atoms with Crippen LogP contribution in [-0.4, -0.2) is 34.7 Å². The van der Waals surface area contributed by atoms with Crippen molar-refractivity contribution in [1.82, 2.24) is 5.32 Å². The van der Waals surface area contributed by atoms with Crippen LogP contribution in [-0.2, 0) is 9.59 Å². The zero-order chi connectivity index (χ0) is 20.2. The summed E-state index contributed by atoms with van der Waals surface area (Å²) < 4.78 is 0. The Balaban J connectivity index is 2.15. The minimum atomic E-state index is -0.924. The molecule has 5 heteroatoms. The minimum Gasteiger partial charge on any atom is -0.390 e. The number of amides is 1. The molecule has 1 aromatic carbocycles. The van der Waals surface area contributed by atoms with E-state index in [0.29, 0.717) is 40.7 Å². The van der Waals surface area contributed by atoms with Crippen molar-refractivity contribution < 1.29 is 19.5 Å². The molecule has 0 heterocycles. The maximum Gasteiger partial charge on any atom is 0.251 e. The van der Waals surface area contributed by atoms with E-state index in [-0.39, 0.29) is 30.4 Å². The number of aliphatic hydroxyl groups is 1. The monoisotopic (exact) mass is 369 g/mol. The molecule has 0 aliphatic heterocycles. The van der Waals surface area contributed by atoms with Crippen LogP contribution in [0.25, 0.3) is 0 Å². The Kier molecular flexibility index (Phi) is 6.50. The molecule has 144 valence electrons. The van der Waals surface area contributed by atoms with Gasteiger partial charge in [0.1, 0.15) is 0 Å². The van der Waals surface area contributed by atoms with E-state index in [1.807, 2.05) is 6.07 Å². The average Bonchev–Trinajstić information content (AvgIpc) is 2.63. The largest absolute Gasteiger partial charge is 0.390 e. The number of allylic oxidation sites excluding steroid dienone is 3. The number of hydrogen-bond acceptors (Lipinski definition) is 4. The van der Waals surface area contributed by atoms with Crippen LogP contribution in [0.4, 0.5) is 0 Å². The number of hydrogen-bond donors (Lipinski definition) is 2. The molecule has 1 aromatic rings. The van der Waals surface area contributed by atoms with E-state index in [1.165, 1.54) is 0 Å². The molecular weight excluding hydrogens is 342 g/mol. The van der Waals surface area contributed by atoms with Gasteiger partial charge in [0.25, 0.3) is 5.91 Å². The van der Waals surface area contributed by atoms with E-state index >= 15 is 0 Å². The number of Topliss-reactive ketones (excluding diaryl/α,β-unsaturated/α-hetero) is 2. The topological polar surface area (TPSA) is 83.5 Å². The predicted molar refractivity (Wildman–Crippen MR) is 104 cm³/mol. The fourth-order valence-corrected chi connectivity index (χ4v) is 3.02. The van der Waals surface area contributed by atoms with Gasteiger partial charge in [-0.25, -0.2) is 0 Å². The predicted octanol–water partition coefficient (Wildman–Crippen LogP) is 3.14. The van der Waals surface area contributed by atoms with Gasteiger partial charge in [-0.15, -0.1) is 0 Å². The van der Waals surface area contributed by atoms with E-state index in [4.69, 9.17) is 0 Å². The number of rotatable bonds is 7. The van der Waals surface area contributed by atoms with E-state index < -0.39 is 5.60 Å². The molecule has 1 aliphatic carbocycles. The Morgan fingerprint density at radius 1 is 0.963 bits per heavy atom. The lowest BCUT2D eigenvalue weighted by Crippen LogP contribution is -2.29. The number of benzene rings is 1. The highest BCUT2D eigenvalue weighted by molar-refractivity contribution is 6.24. The van der Waals surface area contributed by atoms with Crippen molar-refractivity contribution in [2.45, 2.75) is 52.6 Å². The maximum absolute atomic E-state index is 12.7. The molecule has 2 N–H and O–H groups in total. The van der Waals surface area contributed by atoms with E-state index in [1.54, 1.807) is 52.0 Å². The van der Waals surface area contributed by atoms with Crippen LogP contribution in [0.1, 0.15) is 57.3 Å². The van der Waals surface area contributed by atoms with Crippen LogP contribution in [0.2, 0.25) is 0 Å². The normalized spacial score (nSPS) is 15.4. The zero-order valence-electron chi connectivity index (χ0n) is 16.4. The van der Waals surface area contributed by atoms with Crippen LogP contribution < -0.4 is 5.32 Å². The highest BCUT2D eigenvalue weighted by Gasteiger charge is 2.30. The van der Waals surface area contributed by atoms with Crippen molar-refractivity contribution in [2.75, 3.05) is 6.54 Å². The van der Waals surface area contributed by atoms with Crippen LogP contribution in [0.5, 0.6) is 0 Å². The van der Waals surface area contributed by atoms with Crippen molar-refractivity contribution in [3.63, 3.8) is 0 Å². The SMILES string of the molecule is CC1=C(C)C(=O)C(CCC(C)(C)O)=C(CCNC(=O)c2ccccc2)C1=O. The minimum absolute atomic E-state index is 0.138. The zero-order valence-corrected chi connectivity index (χ0v) is 16.4. The molecule has 27 heavy (non-hydrogen) atoms. The maximum atomic E-state index is 12.7. The van der Waals surface area contributed by atoms with Gasteiger partial charge in [-0.2, -0.15) is 0 Å². The summed E-state index contributed by atoms with van der Waals surface area (Å²) in [6, 6.07) is 8.84. The molecule has 0 radical (unpaired) electrons. The molecule has 0 aromatic heterocycles. The molecule has 0 fully saturated rings. The van der Waals surface area contributed by atoms with Crippen molar-refractivity contribution in [3.8, 4) is 0 Å². The van der Waals surface area contributed by atoms with Gasteiger partial charge in [-0.05, 0) is 59.1 Å². The molecular formula is C22H27NO4. The molecule has 1 amide bonds. The van der Waals surface area contributed by atoms with Gasteiger partial charge in [0.2, 0.25) is 0 Å². The first kappa shape index (κ1) is 20.8. The molecule has 0 spiro atoms. The summed E-state index contributed by atoms with van der Waals surface area (Å²) in [6.07, 6.45) is 1.00. The molecule has 1 aliphatic rings. The number of ketones is 2. The third-order valence-corrected chi connectivity index (χ3v) is 4.84.